The number of rotatable bonds is 5. The number of nitrogens with one attached hydrogen (secondary N) is 1. The standard InChI is InChI=1S/C23H16F4N4O/c24-18-10-21-13(2-1-7-29-21)8-16(18)11-30-22-19(28)5-6-20(31-22)14-3-4-15(12-32)17(9-14)23(25,26)27/h1-10,12H,11,28H2,(H,30,31). The lowest BCUT2D eigenvalue weighted by atomic mass is 10.0. The number of halogens is 4. The highest BCUT2D eigenvalue weighted by Crippen LogP contribution is 2.34. The fourth-order valence-corrected chi connectivity index (χ4v) is 3.29. The quantitative estimate of drug-likeness (QED) is 0.318. The summed E-state index contributed by atoms with van der Waals surface area (Å²) in [4.78, 5) is 19.4. The predicted octanol–water partition coefficient (Wildman–Crippen LogP) is 5.46. The predicted molar refractivity (Wildman–Crippen MR) is 114 cm³/mol. The Hall–Kier alpha value is -4.01. The normalized spacial score (nSPS) is 11.5. The van der Waals surface area contributed by atoms with E-state index in [4.69, 9.17) is 5.73 Å². The molecule has 0 unspecified atom stereocenters. The van der Waals surface area contributed by atoms with Crippen LogP contribution >= 0.6 is 0 Å². The molecule has 0 aliphatic rings. The molecule has 0 aliphatic carbocycles. The van der Waals surface area contributed by atoms with Crippen molar-refractivity contribution in [2.45, 2.75) is 12.7 Å². The van der Waals surface area contributed by atoms with Crippen molar-refractivity contribution < 1.29 is 22.4 Å². The molecule has 2 heterocycles. The molecule has 3 N–H and O–H groups in total. The smallest absolute Gasteiger partial charge is 0.396 e. The summed E-state index contributed by atoms with van der Waals surface area (Å²) < 4.78 is 54.3. The number of hydrogen-bond donors (Lipinski definition) is 2. The van der Waals surface area contributed by atoms with Crippen molar-refractivity contribution in [2.75, 3.05) is 11.1 Å². The number of nitrogen functional groups attached to an aromatic ring is 1. The van der Waals surface area contributed by atoms with E-state index >= 15 is 0 Å². The second-order valence-electron chi connectivity index (χ2n) is 7.05. The number of alkyl halides is 3. The number of benzene rings is 2. The van der Waals surface area contributed by atoms with Crippen LogP contribution in [0.15, 0.2) is 60.8 Å². The van der Waals surface area contributed by atoms with E-state index in [0.29, 0.717) is 11.1 Å². The number of aromatic nitrogens is 2. The zero-order chi connectivity index (χ0) is 22.9. The second-order valence-corrected chi connectivity index (χ2v) is 7.05. The van der Waals surface area contributed by atoms with Gasteiger partial charge in [0.05, 0.1) is 22.5 Å². The molecule has 0 radical (unpaired) electrons. The van der Waals surface area contributed by atoms with Gasteiger partial charge in [0.15, 0.2) is 6.29 Å². The van der Waals surface area contributed by atoms with E-state index in [9.17, 15) is 22.4 Å². The summed E-state index contributed by atoms with van der Waals surface area (Å²) in [6.45, 7) is 0.0508. The maximum atomic E-state index is 14.4. The Kier molecular flexibility index (Phi) is 5.48. The van der Waals surface area contributed by atoms with Crippen molar-refractivity contribution in [1.29, 1.82) is 0 Å². The third-order valence-electron chi connectivity index (χ3n) is 4.93. The summed E-state index contributed by atoms with van der Waals surface area (Å²) >= 11 is 0. The monoisotopic (exact) mass is 440 g/mol. The number of pyridine rings is 2. The molecule has 0 saturated carbocycles. The molecule has 2 aromatic carbocycles. The molecule has 2 aromatic heterocycles. The number of carbonyl (C=O) groups is 1. The van der Waals surface area contributed by atoms with Crippen molar-refractivity contribution in [3.63, 3.8) is 0 Å². The molecule has 0 bridgehead atoms. The molecule has 4 aromatic rings. The molecule has 0 amide bonds. The van der Waals surface area contributed by atoms with Gasteiger partial charge in [-0.2, -0.15) is 13.2 Å². The number of hydrogen-bond acceptors (Lipinski definition) is 5. The van der Waals surface area contributed by atoms with E-state index in [1.165, 1.54) is 24.3 Å². The zero-order valence-electron chi connectivity index (χ0n) is 16.4. The van der Waals surface area contributed by atoms with Crippen LogP contribution in [0.4, 0.5) is 29.1 Å². The average molecular weight is 440 g/mol. The summed E-state index contributed by atoms with van der Waals surface area (Å²) in [7, 11) is 0. The maximum absolute atomic E-state index is 14.4. The lowest BCUT2D eigenvalue weighted by Crippen LogP contribution is -2.09. The highest BCUT2D eigenvalue weighted by Gasteiger charge is 2.33. The summed E-state index contributed by atoms with van der Waals surface area (Å²) in [6.07, 6.45) is -2.96. The van der Waals surface area contributed by atoms with Crippen molar-refractivity contribution in [2.24, 2.45) is 0 Å². The Bertz CT molecular complexity index is 1320. The van der Waals surface area contributed by atoms with Gasteiger partial charge in [-0.25, -0.2) is 9.37 Å². The first-order chi connectivity index (χ1) is 15.3. The van der Waals surface area contributed by atoms with Crippen molar-refractivity contribution >= 4 is 28.7 Å². The topological polar surface area (TPSA) is 80.9 Å². The first-order valence-electron chi connectivity index (χ1n) is 9.46. The van der Waals surface area contributed by atoms with Crippen LogP contribution < -0.4 is 11.1 Å². The molecule has 162 valence electrons. The van der Waals surface area contributed by atoms with Gasteiger partial charge in [0.1, 0.15) is 11.6 Å². The van der Waals surface area contributed by atoms with E-state index in [2.05, 4.69) is 15.3 Å². The van der Waals surface area contributed by atoms with Crippen molar-refractivity contribution in [3.05, 3.63) is 83.3 Å². The Labute approximate surface area is 179 Å². The van der Waals surface area contributed by atoms with E-state index in [1.54, 1.807) is 24.4 Å². The number of aldehydes is 1. The molecule has 32 heavy (non-hydrogen) atoms. The van der Waals surface area contributed by atoms with Crippen molar-refractivity contribution in [1.82, 2.24) is 9.97 Å². The summed E-state index contributed by atoms with van der Waals surface area (Å²) in [5.41, 5.74) is 5.94. The Morgan fingerprint density at radius 3 is 2.62 bits per heavy atom. The number of fused-ring (bicyclic) bond motifs is 1. The van der Waals surface area contributed by atoms with Gasteiger partial charge in [-0.15, -0.1) is 0 Å². The fourth-order valence-electron chi connectivity index (χ4n) is 3.29. The third-order valence-corrected chi connectivity index (χ3v) is 4.93. The average Bonchev–Trinajstić information content (AvgIpc) is 2.77. The van der Waals surface area contributed by atoms with E-state index in [0.717, 1.165) is 17.5 Å². The van der Waals surface area contributed by atoms with Crippen LogP contribution in [-0.4, -0.2) is 16.3 Å². The Morgan fingerprint density at radius 1 is 1.06 bits per heavy atom. The van der Waals surface area contributed by atoms with Crippen LogP contribution in [0.2, 0.25) is 0 Å². The molecule has 4 rings (SSSR count). The molecule has 0 atom stereocenters. The highest BCUT2D eigenvalue weighted by atomic mass is 19.4. The first kappa shape index (κ1) is 21.2. The van der Waals surface area contributed by atoms with Gasteiger partial charge in [0, 0.05) is 40.9 Å². The molecule has 0 fully saturated rings. The largest absolute Gasteiger partial charge is 0.417 e. The summed E-state index contributed by atoms with van der Waals surface area (Å²) in [6, 6.07) is 12.8. The van der Waals surface area contributed by atoms with Gasteiger partial charge in [-0.1, -0.05) is 18.2 Å². The fraction of sp³-hybridized carbons (Fsp3) is 0.0870. The van der Waals surface area contributed by atoms with Crippen LogP contribution in [0, 0.1) is 5.82 Å². The van der Waals surface area contributed by atoms with Crippen molar-refractivity contribution in [3.8, 4) is 11.3 Å². The molecule has 9 heteroatoms. The number of nitrogens with two attached hydrogens (primary N) is 1. The number of carbonyl (C=O) groups excluding carboxylic acids is 1. The van der Waals surface area contributed by atoms with Gasteiger partial charge in [-0.05, 0) is 30.3 Å². The first-order valence-corrected chi connectivity index (χ1v) is 9.46. The van der Waals surface area contributed by atoms with E-state index in [-0.39, 0.29) is 35.6 Å². The van der Waals surface area contributed by atoms with Gasteiger partial charge < -0.3 is 11.1 Å². The molecular weight excluding hydrogens is 424 g/mol. The Balaban J connectivity index is 1.64. The van der Waals surface area contributed by atoms with Crippen LogP contribution in [0.5, 0.6) is 0 Å². The van der Waals surface area contributed by atoms with Gasteiger partial charge >= 0.3 is 6.18 Å². The number of anilines is 2. The molecule has 0 aliphatic heterocycles. The maximum Gasteiger partial charge on any atom is 0.417 e. The second kappa shape index (κ2) is 8.26. The minimum absolute atomic E-state index is 0.0508. The van der Waals surface area contributed by atoms with Crippen LogP contribution in [-0.2, 0) is 12.7 Å². The zero-order valence-corrected chi connectivity index (χ0v) is 16.4. The van der Waals surface area contributed by atoms with Crippen LogP contribution in [0.25, 0.3) is 22.2 Å². The van der Waals surface area contributed by atoms with Gasteiger partial charge in [0.25, 0.3) is 0 Å². The summed E-state index contributed by atoms with van der Waals surface area (Å²) in [5, 5.41) is 3.70. The minimum Gasteiger partial charge on any atom is -0.396 e. The SMILES string of the molecule is Nc1ccc(-c2ccc(C=O)c(C(F)(F)F)c2)nc1NCc1cc2cccnc2cc1F. The van der Waals surface area contributed by atoms with Crippen LogP contribution in [0.1, 0.15) is 21.5 Å². The minimum atomic E-state index is -4.69. The number of nitrogens with zero attached hydrogens (tertiary/aromatic N) is 2. The lowest BCUT2D eigenvalue weighted by Gasteiger charge is -2.14. The molecule has 5 nitrogen and oxygen atoms in total. The molecular formula is C23H16F4N4O. The lowest BCUT2D eigenvalue weighted by molar-refractivity contribution is -0.137. The molecule has 0 spiro atoms. The van der Waals surface area contributed by atoms with Gasteiger partial charge in [0.2, 0.25) is 0 Å². The van der Waals surface area contributed by atoms with E-state index in [1.807, 2.05) is 0 Å². The molecule has 0 saturated heterocycles. The van der Waals surface area contributed by atoms with Gasteiger partial charge in [-0.3, -0.25) is 9.78 Å². The van der Waals surface area contributed by atoms with E-state index < -0.39 is 23.1 Å². The van der Waals surface area contributed by atoms with Crippen LogP contribution in [0.3, 0.4) is 0 Å². The third kappa shape index (κ3) is 4.22. The highest BCUT2D eigenvalue weighted by molar-refractivity contribution is 5.81. The Morgan fingerprint density at radius 2 is 1.88 bits per heavy atom. The summed E-state index contributed by atoms with van der Waals surface area (Å²) in [5.74, 6) is -0.265.